The number of hydrogen-bond acceptors (Lipinski definition) is 2. The number of alkyl halides is 3. The van der Waals surface area contributed by atoms with E-state index in [4.69, 9.17) is 0 Å². The van der Waals surface area contributed by atoms with Crippen molar-refractivity contribution < 1.29 is 18.0 Å². The molecule has 0 spiro atoms. The Morgan fingerprint density at radius 3 is 2.31 bits per heavy atom. The van der Waals surface area contributed by atoms with Crippen molar-refractivity contribution in [3.8, 4) is 0 Å². The molecule has 0 fully saturated rings. The summed E-state index contributed by atoms with van der Waals surface area (Å²) < 4.78 is 36.6. The Morgan fingerprint density at radius 1 is 1.31 bits per heavy atom. The zero-order valence-electron chi connectivity index (χ0n) is 9.22. The van der Waals surface area contributed by atoms with E-state index < -0.39 is 25.7 Å². The van der Waals surface area contributed by atoms with Gasteiger partial charge in [0.25, 0.3) is 5.78 Å². The molecule has 16 heavy (non-hydrogen) atoms. The molecule has 0 saturated heterocycles. The second-order valence-corrected chi connectivity index (χ2v) is 9.58. The predicted octanol–water partition coefficient (Wildman–Crippen LogP) is 2.37. The fraction of sp³-hybridized carbons (Fsp3) is 0.400. The summed E-state index contributed by atoms with van der Waals surface area (Å²) in [5.74, 6) is -1.88. The number of pyridine rings is 1. The zero-order chi connectivity index (χ0) is 12.6. The molecule has 1 aromatic heterocycles. The summed E-state index contributed by atoms with van der Waals surface area (Å²) in [7, 11) is -1.73. The third-order valence-corrected chi connectivity index (χ3v) is 4.16. The molecular formula is C10H12F3NOSi. The molecular weight excluding hydrogens is 235 g/mol. The number of rotatable bonds is 2. The highest BCUT2D eigenvalue weighted by Gasteiger charge is 2.40. The van der Waals surface area contributed by atoms with E-state index >= 15 is 0 Å². The minimum Gasteiger partial charge on any atom is -0.282 e. The summed E-state index contributed by atoms with van der Waals surface area (Å²) in [6.45, 7) is 5.97. The van der Waals surface area contributed by atoms with Crippen molar-refractivity contribution in [1.29, 1.82) is 0 Å². The van der Waals surface area contributed by atoms with E-state index in [-0.39, 0.29) is 0 Å². The molecule has 88 valence electrons. The Labute approximate surface area is 92.5 Å². The summed E-state index contributed by atoms with van der Waals surface area (Å²) in [4.78, 5) is 14.4. The van der Waals surface area contributed by atoms with E-state index in [0.29, 0.717) is 0 Å². The van der Waals surface area contributed by atoms with E-state index in [1.54, 1.807) is 6.07 Å². The van der Waals surface area contributed by atoms with E-state index in [1.165, 1.54) is 12.3 Å². The Balaban J connectivity index is 3.14. The molecule has 6 heteroatoms. The highest BCUT2D eigenvalue weighted by molar-refractivity contribution is 6.88. The van der Waals surface area contributed by atoms with Crippen LogP contribution in [0.2, 0.25) is 19.6 Å². The molecule has 0 saturated carbocycles. The van der Waals surface area contributed by atoms with Crippen LogP contribution in [0.5, 0.6) is 0 Å². The number of halogens is 3. The lowest BCUT2D eigenvalue weighted by molar-refractivity contribution is -0.0888. The first-order valence-corrected chi connectivity index (χ1v) is 8.20. The van der Waals surface area contributed by atoms with E-state index in [9.17, 15) is 18.0 Å². The van der Waals surface area contributed by atoms with Crippen molar-refractivity contribution >= 4 is 19.0 Å². The third-order valence-electron chi connectivity index (χ3n) is 2.12. The monoisotopic (exact) mass is 247 g/mol. The fourth-order valence-corrected chi connectivity index (χ4v) is 2.31. The Bertz CT molecular complexity index is 409. The molecule has 0 radical (unpaired) electrons. The van der Waals surface area contributed by atoms with Gasteiger partial charge in [0.05, 0.1) is 8.07 Å². The average Bonchev–Trinajstić information content (AvgIpc) is 2.14. The van der Waals surface area contributed by atoms with Crippen LogP contribution in [0.3, 0.4) is 0 Å². The number of nitrogens with zero attached hydrogens (tertiary/aromatic N) is 1. The van der Waals surface area contributed by atoms with Crippen molar-refractivity contribution in [2.24, 2.45) is 0 Å². The molecule has 1 aromatic rings. The van der Waals surface area contributed by atoms with Gasteiger partial charge in [-0.1, -0.05) is 24.8 Å². The molecule has 0 N–H and O–H groups in total. The summed E-state index contributed by atoms with van der Waals surface area (Å²) in [5.41, 5.74) is -0.521. The maximum absolute atomic E-state index is 12.2. The van der Waals surface area contributed by atoms with Gasteiger partial charge in [0, 0.05) is 6.20 Å². The smallest absolute Gasteiger partial charge is 0.282 e. The van der Waals surface area contributed by atoms with Gasteiger partial charge in [0.15, 0.2) is 0 Å². The van der Waals surface area contributed by atoms with Crippen molar-refractivity contribution in [2.75, 3.05) is 0 Å². The van der Waals surface area contributed by atoms with Gasteiger partial charge in [-0.3, -0.25) is 9.78 Å². The predicted molar refractivity (Wildman–Crippen MR) is 57.6 cm³/mol. The molecule has 0 aliphatic heterocycles. The van der Waals surface area contributed by atoms with Gasteiger partial charge in [-0.05, 0) is 12.1 Å². The molecule has 0 atom stereocenters. The SMILES string of the molecule is C[Si](C)(C)c1ccnc(C(=O)C(F)(F)F)c1. The van der Waals surface area contributed by atoms with Crippen molar-refractivity contribution in [3.63, 3.8) is 0 Å². The fourth-order valence-electron chi connectivity index (χ4n) is 1.17. The van der Waals surface area contributed by atoms with Gasteiger partial charge in [-0.15, -0.1) is 0 Å². The first-order chi connectivity index (χ1) is 7.12. The lowest BCUT2D eigenvalue weighted by Crippen LogP contribution is -2.38. The molecule has 1 rings (SSSR count). The second-order valence-electron chi connectivity index (χ2n) is 4.51. The molecule has 0 aliphatic carbocycles. The van der Waals surface area contributed by atoms with Gasteiger partial charge in [0.2, 0.25) is 0 Å². The van der Waals surface area contributed by atoms with Crippen LogP contribution >= 0.6 is 0 Å². The summed E-state index contributed by atoms with van der Waals surface area (Å²) in [6, 6.07) is 2.92. The standard InChI is InChI=1S/C10H12F3NOSi/c1-16(2,3)7-4-5-14-8(6-7)9(15)10(11,12)13/h4-6H,1-3H3. The van der Waals surface area contributed by atoms with Crippen LogP contribution in [0.15, 0.2) is 18.3 Å². The first-order valence-electron chi connectivity index (χ1n) is 4.70. The van der Waals surface area contributed by atoms with E-state index in [0.717, 1.165) is 5.19 Å². The summed E-state index contributed by atoms with van der Waals surface area (Å²) >= 11 is 0. The lowest BCUT2D eigenvalue weighted by Gasteiger charge is -2.16. The zero-order valence-corrected chi connectivity index (χ0v) is 10.2. The van der Waals surface area contributed by atoms with Gasteiger partial charge >= 0.3 is 6.18 Å². The van der Waals surface area contributed by atoms with Crippen molar-refractivity contribution in [2.45, 2.75) is 25.8 Å². The molecule has 0 aromatic carbocycles. The Morgan fingerprint density at radius 2 is 1.88 bits per heavy atom. The average molecular weight is 247 g/mol. The minimum absolute atomic E-state index is 0.521. The first kappa shape index (κ1) is 12.9. The minimum atomic E-state index is -4.86. The number of Topliss-reactive ketones (excluding diaryl/α,β-unsaturated/α-hetero) is 1. The molecule has 1 heterocycles. The highest BCUT2D eigenvalue weighted by atomic mass is 28.3. The van der Waals surface area contributed by atoms with Crippen LogP contribution in [-0.2, 0) is 0 Å². The number of hydrogen-bond donors (Lipinski definition) is 0. The topological polar surface area (TPSA) is 30.0 Å². The van der Waals surface area contributed by atoms with Gasteiger partial charge in [0.1, 0.15) is 5.69 Å². The molecule has 0 unspecified atom stereocenters. The number of aromatic nitrogens is 1. The maximum atomic E-state index is 12.2. The maximum Gasteiger partial charge on any atom is 0.456 e. The van der Waals surface area contributed by atoms with Crippen LogP contribution in [0.1, 0.15) is 10.5 Å². The van der Waals surface area contributed by atoms with Crippen LogP contribution < -0.4 is 5.19 Å². The number of ketones is 1. The largest absolute Gasteiger partial charge is 0.456 e. The van der Waals surface area contributed by atoms with Gasteiger partial charge in [-0.25, -0.2) is 0 Å². The van der Waals surface area contributed by atoms with Crippen LogP contribution in [-0.4, -0.2) is 25.0 Å². The van der Waals surface area contributed by atoms with Crippen molar-refractivity contribution in [1.82, 2.24) is 4.98 Å². The number of carbonyl (C=O) groups is 1. The molecule has 0 amide bonds. The number of carbonyl (C=O) groups excluding carboxylic acids is 1. The summed E-state index contributed by atoms with van der Waals surface area (Å²) in [5, 5.41) is 0.787. The Hall–Kier alpha value is -1.17. The van der Waals surface area contributed by atoms with Crippen LogP contribution in [0.25, 0.3) is 0 Å². The molecule has 0 aliphatic rings. The summed E-state index contributed by atoms with van der Waals surface area (Å²) in [6.07, 6.45) is -3.60. The lowest BCUT2D eigenvalue weighted by atomic mass is 10.2. The van der Waals surface area contributed by atoms with E-state index in [1.807, 2.05) is 19.6 Å². The van der Waals surface area contributed by atoms with Crippen LogP contribution in [0.4, 0.5) is 13.2 Å². The quantitative estimate of drug-likeness (QED) is 0.593. The van der Waals surface area contributed by atoms with E-state index in [2.05, 4.69) is 4.98 Å². The van der Waals surface area contributed by atoms with Gasteiger partial charge < -0.3 is 0 Å². The second kappa shape index (κ2) is 4.01. The Kier molecular flexibility index (Phi) is 3.23. The molecule has 2 nitrogen and oxygen atoms in total. The molecule has 0 bridgehead atoms. The van der Waals surface area contributed by atoms with Crippen LogP contribution in [0, 0.1) is 0 Å². The highest BCUT2D eigenvalue weighted by Crippen LogP contribution is 2.20. The normalized spacial score (nSPS) is 12.6. The third kappa shape index (κ3) is 2.91. The van der Waals surface area contributed by atoms with Crippen molar-refractivity contribution in [3.05, 3.63) is 24.0 Å². The van der Waals surface area contributed by atoms with Gasteiger partial charge in [-0.2, -0.15) is 13.2 Å².